The second-order valence-electron chi connectivity index (χ2n) is 4.78. The number of nitro groups is 1. The van der Waals surface area contributed by atoms with Crippen LogP contribution in [0.25, 0.3) is 0 Å². The number of nitrogens with one attached hydrogen (secondary N) is 1. The monoisotopic (exact) mass is 445 g/mol. The van der Waals surface area contributed by atoms with E-state index in [1.165, 1.54) is 24.3 Å². The third-order valence-electron chi connectivity index (χ3n) is 3.02. The Morgan fingerprint density at radius 3 is 1.96 bits per heavy atom. The van der Waals surface area contributed by atoms with Crippen LogP contribution in [0.1, 0.15) is 5.56 Å². The summed E-state index contributed by atoms with van der Waals surface area (Å²) in [4.78, 5) is 8.16. The summed E-state index contributed by atoms with van der Waals surface area (Å²) in [5.74, 6) is 0. The molecule has 28 heavy (non-hydrogen) atoms. The average Bonchev–Trinajstić information content (AvgIpc) is 2.53. The topological polar surface area (TPSA) is 182 Å². The summed E-state index contributed by atoms with van der Waals surface area (Å²) < 4.78 is 66.7. The third kappa shape index (κ3) is 7.51. The minimum atomic E-state index is -5.07. The van der Waals surface area contributed by atoms with Gasteiger partial charge in [0, 0.05) is 17.7 Å². The molecule has 0 aliphatic rings. The van der Waals surface area contributed by atoms with Gasteiger partial charge in [0.05, 0.1) is 26.6 Å². The van der Waals surface area contributed by atoms with E-state index in [2.05, 4.69) is 10.5 Å². The zero-order valence-corrected chi connectivity index (χ0v) is 20.2. The van der Waals surface area contributed by atoms with Crippen molar-refractivity contribution in [1.82, 2.24) is 0 Å². The molecule has 0 bridgehead atoms. The van der Waals surface area contributed by atoms with Gasteiger partial charge in [-0.1, -0.05) is 6.07 Å². The molecule has 0 unspecified atom stereocenters. The van der Waals surface area contributed by atoms with Gasteiger partial charge in [0.1, 0.15) is 20.2 Å². The molecule has 0 saturated heterocycles. The van der Waals surface area contributed by atoms with Crippen LogP contribution >= 0.6 is 0 Å². The van der Waals surface area contributed by atoms with Crippen molar-refractivity contribution >= 4 is 37.8 Å². The largest absolute Gasteiger partial charge is 1.00 e. The van der Waals surface area contributed by atoms with E-state index in [-0.39, 0.29) is 70.4 Å². The van der Waals surface area contributed by atoms with Crippen molar-refractivity contribution in [1.29, 1.82) is 0 Å². The molecule has 0 heterocycles. The smallest absolute Gasteiger partial charge is 0.744 e. The molecule has 0 atom stereocenters. The zero-order valence-electron chi connectivity index (χ0n) is 14.6. The van der Waals surface area contributed by atoms with E-state index in [4.69, 9.17) is 0 Å². The van der Waals surface area contributed by atoms with Crippen LogP contribution in [-0.2, 0) is 20.2 Å². The Morgan fingerprint density at radius 2 is 1.50 bits per heavy atom. The molecule has 2 aromatic carbocycles. The zero-order chi connectivity index (χ0) is 19.5. The fraction of sp³-hybridized carbons (Fsp3) is 0. The van der Waals surface area contributed by atoms with Crippen molar-refractivity contribution in [2.75, 3.05) is 5.43 Å². The van der Waals surface area contributed by atoms with E-state index in [0.29, 0.717) is 11.8 Å². The van der Waals surface area contributed by atoms with E-state index in [9.17, 15) is 36.1 Å². The molecule has 0 aromatic heterocycles. The molecule has 0 fully saturated rings. The number of non-ortho nitro benzene ring substituents is 1. The minimum Gasteiger partial charge on any atom is -0.744 e. The number of nitro benzene ring substituents is 1. The normalized spacial score (nSPS) is 11.4. The molecule has 0 saturated carbocycles. The van der Waals surface area contributed by atoms with E-state index < -0.39 is 35.0 Å². The van der Waals surface area contributed by atoms with Gasteiger partial charge in [-0.25, -0.2) is 16.8 Å². The Balaban J connectivity index is 0.00000364. The fourth-order valence-corrected chi connectivity index (χ4v) is 3.08. The molecule has 11 nitrogen and oxygen atoms in total. The van der Waals surface area contributed by atoms with E-state index in [0.717, 1.165) is 18.3 Å². The van der Waals surface area contributed by atoms with Gasteiger partial charge in [-0.3, -0.25) is 15.5 Å². The first-order valence-corrected chi connectivity index (χ1v) is 9.39. The number of nitrogens with zero attached hydrogens (tertiary/aromatic N) is 2. The fourth-order valence-electron chi connectivity index (χ4n) is 1.83. The summed E-state index contributed by atoms with van der Waals surface area (Å²) in [6.45, 7) is 0. The summed E-state index contributed by atoms with van der Waals surface area (Å²) in [6.07, 6.45) is 0.924. The van der Waals surface area contributed by atoms with Crippen LogP contribution in [-0.4, -0.2) is 37.1 Å². The van der Waals surface area contributed by atoms with Crippen molar-refractivity contribution in [3.8, 4) is 0 Å². The molecule has 0 radical (unpaired) electrons. The maximum Gasteiger partial charge on any atom is 1.00 e. The maximum atomic E-state index is 11.3. The standard InChI is InChI=1S/C13H11N3O8S2.2Na/c17-16(18)11-4-2-10(3-5-11)15-14-8-9-1-6-12(25(19,20)21)7-13(9)26(22,23)24;;/h1-8,15H,(H,19,20,21)(H,22,23,24);;/q;2*+1/p-2. The number of hydrogen-bond donors (Lipinski definition) is 1. The Morgan fingerprint density at radius 1 is 0.929 bits per heavy atom. The Hall–Kier alpha value is -0.870. The van der Waals surface area contributed by atoms with Gasteiger partial charge in [-0.15, -0.1) is 0 Å². The molecular weight excluding hydrogens is 436 g/mol. The SMILES string of the molecule is O=[N+]([O-])c1ccc(NN=Cc2ccc(S(=O)(=O)[O-])cc2S(=O)(=O)[O-])cc1.[Na+].[Na+]. The molecule has 0 spiro atoms. The summed E-state index contributed by atoms with van der Waals surface area (Å²) in [6, 6.07) is 7.33. The number of benzene rings is 2. The predicted molar refractivity (Wildman–Crippen MR) is 86.7 cm³/mol. The van der Waals surface area contributed by atoms with Crippen LogP contribution in [0.2, 0.25) is 0 Å². The number of hydrazone groups is 1. The summed E-state index contributed by atoms with van der Waals surface area (Å²) >= 11 is 0. The molecule has 2 rings (SSSR count). The number of hydrogen-bond acceptors (Lipinski definition) is 10. The Labute approximate surface area is 204 Å². The van der Waals surface area contributed by atoms with Gasteiger partial charge >= 0.3 is 59.1 Å². The first-order valence-electron chi connectivity index (χ1n) is 6.58. The first-order chi connectivity index (χ1) is 12.0. The van der Waals surface area contributed by atoms with Gasteiger partial charge in [0.25, 0.3) is 5.69 Å². The van der Waals surface area contributed by atoms with Crippen molar-refractivity contribution in [3.63, 3.8) is 0 Å². The average molecular weight is 445 g/mol. The van der Waals surface area contributed by atoms with Gasteiger partial charge in [-0.2, -0.15) is 5.10 Å². The van der Waals surface area contributed by atoms with Gasteiger partial charge in [0.15, 0.2) is 0 Å². The van der Waals surface area contributed by atoms with E-state index >= 15 is 0 Å². The molecule has 0 aliphatic carbocycles. The molecular formula is C13H9N3Na2O8S2. The summed E-state index contributed by atoms with van der Waals surface area (Å²) in [5, 5.41) is 14.2. The van der Waals surface area contributed by atoms with Gasteiger partial charge in [0.2, 0.25) is 0 Å². The second-order valence-corrected chi connectivity index (χ2v) is 7.51. The molecule has 15 heteroatoms. The molecule has 0 amide bonds. The van der Waals surface area contributed by atoms with Crippen molar-refractivity contribution in [2.24, 2.45) is 5.10 Å². The summed E-state index contributed by atoms with van der Waals surface area (Å²) in [7, 11) is -10.0. The Kier molecular flexibility index (Phi) is 10.4. The van der Waals surface area contributed by atoms with Crippen LogP contribution in [0.15, 0.2) is 57.4 Å². The van der Waals surface area contributed by atoms with Gasteiger partial charge < -0.3 is 9.11 Å². The van der Waals surface area contributed by atoms with Crippen LogP contribution in [0, 0.1) is 10.1 Å². The van der Waals surface area contributed by atoms with Crippen LogP contribution in [0.4, 0.5) is 11.4 Å². The number of anilines is 1. The number of rotatable bonds is 6. The van der Waals surface area contributed by atoms with E-state index in [1.54, 1.807) is 0 Å². The maximum absolute atomic E-state index is 11.3. The van der Waals surface area contributed by atoms with Crippen molar-refractivity contribution < 1.29 is 90.0 Å². The Bertz CT molecular complexity index is 1090. The van der Waals surface area contributed by atoms with Gasteiger partial charge in [-0.05, 0) is 24.3 Å². The van der Waals surface area contributed by atoms with Crippen LogP contribution < -0.4 is 64.5 Å². The molecule has 138 valence electrons. The molecule has 1 N–H and O–H groups in total. The third-order valence-corrected chi connectivity index (χ3v) is 4.74. The predicted octanol–water partition coefficient (Wildman–Crippen LogP) is -5.14. The van der Waals surface area contributed by atoms with Crippen molar-refractivity contribution in [2.45, 2.75) is 9.79 Å². The van der Waals surface area contributed by atoms with E-state index in [1.807, 2.05) is 0 Å². The first kappa shape index (κ1) is 27.1. The second kappa shape index (κ2) is 10.8. The van der Waals surface area contributed by atoms with Crippen LogP contribution in [0.3, 0.4) is 0 Å². The minimum absolute atomic E-state index is 0. The van der Waals surface area contributed by atoms with Crippen LogP contribution in [0.5, 0.6) is 0 Å². The molecule has 0 aliphatic heterocycles. The molecule has 2 aromatic rings. The quantitative estimate of drug-likeness (QED) is 0.149. The van der Waals surface area contributed by atoms with Crippen molar-refractivity contribution in [3.05, 3.63) is 58.1 Å². The summed E-state index contributed by atoms with van der Waals surface area (Å²) in [5.41, 5.74) is 2.39.